The highest BCUT2D eigenvalue weighted by Crippen LogP contribution is 2.30. The van der Waals surface area contributed by atoms with Crippen molar-refractivity contribution in [2.45, 2.75) is 12.3 Å². The molecule has 1 rings (SSSR count). The van der Waals surface area contributed by atoms with Crippen LogP contribution in [0.3, 0.4) is 0 Å². The Morgan fingerprint density at radius 3 is 2.39 bits per heavy atom. The molecule has 0 aliphatic carbocycles. The molecule has 1 aromatic carbocycles. The van der Waals surface area contributed by atoms with Crippen LogP contribution in [0.25, 0.3) is 0 Å². The Kier molecular flexibility index (Phi) is 4.55. The van der Waals surface area contributed by atoms with Gasteiger partial charge in [-0.1, -0.05) is 0 Å². The Labute approximate surface area is 105 Å². The molecule has 0 aromatic heterocycles. The first-order valence-corrected chi connectivity index (χ1v) is 5.26. The number of carbonyl (C=O) groups is 1. The molecule has 5 nitrogen and oxygen atoms in total. The van der Waals surface area contributed by atoms with Gasteiger partial charge in [0.1, 0.15) is 11.6 Å². The molecule has 18 heavy (non-hydrogen) atoms. The molecule has 0 radical (unpaired) electrons. The van der Waals surface area contributed by atoms with Crippen LogP contribution in [0.15, 0.2) is 12.1 Å². The average molecular weight is 280 g/mol. The summed E-state index contributed by atoms with van der Waals surface area (Å²) in [7, 11) is 0. The van der Waals surface area contributed by atoms with E-state index in [0.29, 0.717) is 12.1 Å². The second-order valence-electron chi connectivity index (χ2n) is 3.19. The van der Waals surface area contributed by atoms with E-state index in [2.05, 4.69) is 4.74 Å². The minimum absolute atomic E-state index is 0.00171. The Morgan fingerprint density at radius 2 is 2.00 bits per heavy atom. The standard InChI is InChI=1S/C10H8ClF2NO4/c1-2-18-10(15)9(11)8-6(12)3-5(14(16)17)4-7(8)13/h3-4,9H,2H2,1H3. The number of benzene rings is 1. The van der Waals surface area contributed by atoms with Gasteiger partial charge in [0.05, 0.1) is 29.2 Å². The van der Waals surface area contributed by atoms with E-state index in [9.17, 15) is 23.7 Å². The first-order valence-electron chi connectivity index (χ1n) is 4.82. The zero-order valence-corrected chi connectivity index (χ0v) is 9.91. The quantitative estimate of drug-likeness (QED) is 0.368. The number of non-ortho nitro benzene ring substituents is 1. The highest BCUT2D eigenvalue weighted by atomic mass is 35.5. The molecule has 0 aliphatic heterocycles. The summed E-state index contributed by atoms with van der Waals surface area (Å²) < 4.78 is 31.5. The van der Waals surface area contributed by atoms with Crippen LogP contribution in [-0.2, 0) is 9.53 Å². The molecule has 0 bridgehead atoms. The highest BCUT2D eigenvalue weighted by molar-refractivity contribution is 6.30. The van der Waals surface area contributed by atoms with Crippen molar-refractivity contribution in [3.8, 4) is 0 Å². The van der Waals surface area contributed by atoms with Crippen LogP contribution in [0, 0.1) is 21.7 Å². The topological polar surface area (TPSA) is 69.4 Å². The van der Waals surface area contributed by atoms with E-state index >= 15 is 0 Å². The lowest BCUT2D eigenvalue weighted by Gasteiger charge is -2.10. The van der Waals surface area contributed by atoms with Gasteiger partial charge in [-0.2, -0.15) is 0 Å². The molecule has 98 valence electrons. The van der Waals surface area contributed by atoms with Crippen molar-refractivity contribution in [1.82, 2.24) is 0 Å². The van der Waals surface area contributed by atoms with E-state index in [1.165, 1.54) is 6.92 Å². The zero-order chi connectivity index (χ0) is 13.9. The van der Waals surface area contributed by atoms with Crippen molar-refractivity contribution in [3.05, 3.63) is 39.4 Å². The molecular weight excluding hydrogens is 272 g/mol. The molecular formula is C10H8ClF2NO4. The molecule has 1 atom stereocenters. The van der Waals surface area contributed by atoms with E-state index in [4.69, 9.17) is 11.6 Å². The summed E-state index contributed by atoms with van der Waals surface area (Å²) >= 11 is 5.55. The number of nitro groups is 1. The third-order valence-electron chi connectivity index (χ3n) is 2.02. The first kappa shape index (κ1) is 14.3. The van der Waals surface area contributed by atoms with Crippen LogP contribution in [0.5, 0.6) is 0 Å². The van der Waals surface area contributed by atoms with Crippen molar-refractivity contribution in [2.24, 2.45) is 0 Å². The number of nitro benzene ring substituents is 1. The Morgan fingerprint density at radius 1 is 1.50 bits per heavy atom. The number of hydrogen-bond acceptors (Lipinski definition) is 4. The lowest BCUT2D eigenvalue weighted by atomic mass is 10.1. The molecule has 0 saturated heterocycles. The van der Waals surface area contributed by atoms with Gasteiger partial charge in [0, 0.05) is 0 Å². The van der Waals surface area contributed by atoms with Crippen LogP contribution in [0.1, 0.15) is 17.9 Å². The van der Waals surface area contributed by atoms with Crippen LogP contribution < -0.4 is 0 Å². The molecule has 0 fully saturated rings. The monoisotopic (exact) mass is 279 g/mol. The van der Waals surface area contributed by atoms with Gasteiger partial charge in [-0.15, -0.1) is 11.6 Å². The Hall–Kier alpha value is -1.76. The van der Waals surface area contributed by atoms with Crippen molar-refractivity contribution in [1.29, 1.82) is 0 Å². The average Bonchev–Trinajstić information content (AvgIpc) is 2.27. The van der Waals surface area contributed by atoms with E-state index in [-0.39, 0.29) is 6.61 Å². The van der Waals surface area contributed by atoms with Gasteiger partial charge in [0.15, 0.2) is 5.38 Å². The second-order valence-corrected chi connectivity index (χ2v) is 3.63. The number of nitrogens with zero attached hydrogens (tertiary/aromatic N) is 1. The molecule has 0 N–H and O–H groups in total. The molecule has 0 spiro atoms. The zero-order valence-electron chi connectivity index (χ0n) is 9.15. The molecule has 0 aliphatic rings. The van der Waals surface area contributed by atoms with Crippen molar-refractivity contribution in [3.63, 3.8) is 0 Å². The molecule has 0 amide bonds. The van der Waals surface area contributed by atoms with Crippen LogP contribution in [0.2, 0.25) is 0 Å². The van der Waals surface area contributed by atoms with Crippen LogP contribution in [0.4, 0.5) is 14.5 Å². The largest absolute Gasteiger partial charge is 0.465 e. The van der Waals surface area contributed by atoms with Gasteiger partial charge in [-0.25, -0.2) is 8.78 Å². The number of hydrogen-bond donors (Lipinski definition) is 0. The number of ether oxygens (including phenoxy) is 1. The summed E-state index contributed by atoms with van der Waals surface area (Å²) in [5, 5.41) is 8.68. The van der Waals surface area contributed by atoms with E-state index in [0.717, 1.165) is 0 Å². The SMILES string of the molecule is CCOC(=O)C(Cl)c1c(F)cc([N+](=O)[O-])cc1F. The predicted molar refractivity (Wildman–Crippen MR) is 58.2 cm³/mol. The summed E-state index contributed by atoms with van der Waals surface area (Å²) in [6, 6.07) is 0.986. The minimum atomic E-state index is -1.69. The van der Waals surface area contributed by atoms with E-state index in [1.54, 1.807) is 0 Å². The summed E-state index contributed by atoms with van der Waals surface area (Å²) in [6.45, 7) is 1.50. The van der Waals surface area contributed by atoms with Crippen molar-refractivity contribution < 1.29 is 23.2 Å². The lowest BCUT2D eigenvalue weighted by Crippen LogP contribution is -2.14. The maximum Gasteiger partial charge on any atom is 0.328 e. The lowest BCUT2D eigenvalue weighted by molar-refractivity contribution is -0.385. The van der Waals surface area contributed by atoms with Crippen molar-refractivity contribution >= 4 is 23.3 Å². The van der Waals surface area contributed by atoms with Crippen LogP contribution in [-0.4, -0.2) is 17.5 Å². The van der Waals surface area contributed by atoms with Gasteiger partial charge in [0.25, 0.3) is 5.69 Å². The van der Waals surface area contributed by atoms with Crippen molar-refractivity contribution in [2.75, 3.05) is 6.61 Å². The molecule has 0 saturated carbocycles. The summed E-state index contributed by atoms with van der Waals surface area (Å²) in [4.78, 5) is 20.7. The second kappa shape index (κ2) is 5.72. The number of halogens is 3. The minimum Gasteiger partial charge on any atom is -0.465 e. The third-order valence-corrected chi connectivity index (χ3v) is 2.42. The fraction of sp³-hybridized carbons (Fsp3) is 0.300. The number of alkyl halides is 1. The normalized spacial score (nSPS) is 12.0. The van der Waals surface area contributed by atoms with E-state index < -0.39 is 39.2 Å². The van der Waals surface area contributed by atoms with Gasteiger partial charge in [0.2, 0.25) is 0 Å². The summed E-state index contributed by atoms with van der Waals surface area (Å²) in [6.07, 6.45) is 0. The number of rotatable bonds is 4. The van der Waals surface area contributed by atoms with Gasteiger partial charge in [-0.05, 0) is 6.92 Å². The van der Waals surface area contributed by atoms with Gasteiger partial charge >= 0.3 is 5.97 Å². The molecule has 8 heteroatoms. The smallest absolute Gasteiger partial charge is 0.328 e. The van der Waals surface area contributed by atoms with Crippen LogP contribution >= 0.6 is 11.6 Å². The Balaban J connectivity index is 3.18. The fourth-order valence-electron chi connectivity index (χ4n) is 1.25. The third kappa shape index (κ3) is 2.92. The molecule has 1 unspecified atom stereocenters. The van der Waals surface area contributed by atoms with Gasteiger partial charge < -0.3 is 4.74 Å². The number of esters is 1. The predicted octanol–water partition coefficient (Wildman–Crippen LogP) is 2.72. The van der Waals surface area contributed by atoms with Gasteiger partial charge in [-0.3, -0.25) is 14.9 Å². The summed E-state index contributed by atoms with van der Waals surface area (Å²) in [5.41, 5.74) is -1.53. The van der Waals surface area contributed by atoms with E-state index in [1.807, 2.05) is 0 Å². The maximum absolute atomic E-state index is 13.5. The first-order chi connectivity index (χ1) is 8.38. The molecule has 0 heterocycles. The molecule has 1 aromatic rings. The fourth-order valence-corrected chi connectivity index (χ4v) is 1.52. The number of carbonyl (C=O) groups excluding carboxylic acids is 1. The summed E-state index contributed by atoms with van der Waals surface area (Å²) in [5.74, 6) is -3.56. The maximum atomic E-state index is 13.5. The highest BCUT2D eigenvalue weighted by Gasteiger charge is 2.28. The Bertz CT molecular complexity index is 472.